The van der Waals surface area contributed by atoms with Crippen molar-refractivity contribution in [3.63, 3.8) is 0 Å². The summed E-state index contributed by atoms with van der Waals surface area (Å²) in [4.78, 5) is 16.3. The molecule has 120 valence electrons. The lowest BCUT2D eigenvalue weighted by atomic mass is 10.0. The van der Waals surface area contributed by atoms with Crippen molar-refractivity contribution >= 4 is 5.91 Å². The second-order valence-corrected chi connectivity index (χ2v) is 5.50. The number of pyridine rings is 1. The van der Waals surface area contributed by atoms with Crippen LogP contribution in [0, 0.1) is 0 Å². The lowest BCUT2D eigenvalue weighted by Gasteiger charge is -2.15. The van der Waals surface area contributed by atoms with Crippen LogP contribution in [0.3, 0.4) is 0 Å². The predicted octanol–water partition coefficient (Wildman–Crippen LogP) is 0.820. The SMILES string of the molecule is COc1cncc(-c2ccc(C(=O)NC3CNCC3O)cc2)c1. The maximum absolute atomic E-state index is 12.2. The number of rotatable bonds is 4. The molecule has 1 saturated heterocycles. The number of hydrogen-bond acceptors (Lipinski definition) is 5. The van der Waals surface area contributed by atoms with Crippen LogP contribution in [0.2, 0.25) is 0 Å². The smallest absolute Gasteiger partial charge is 0.251 e. The molecule has 1 aromatic heterocycles. The Hall–Kier alpha value is -2.44. The molecule has 1 aliphatic heterocycles. The molecule has 0 bridgehead atoms. The molecule has 2 heterocycles. The first-order valence-corrected chi connectivity index (χ1v) is 7.46. The molecule has 6 nitrogen and oxygen atoms in total. The van der Waals surface area contributed by atoms with Gasteiger partial charge in [-0.2, -0.15) is 0 Å². The van der Waals surface area contributed by atoms with E-state index < -0.39 is 6.10 Å². The second kappa shape index (κ2) is 6.76. The molecule has 23 heavy (non-hydrogen) atoms. The molecule has 2 atom stereocenters. The summed E-state index contributed by atoms with van der Waals surface area (Å²) in [5.74, 6) is 0.500. The number of aliphatic hydroxyl groups excluding tert-OH is 1. The average molecular weight is 313 g/mol. The number of β-amino-alcohol motifs (C(OH)–C–C–N with tert-alkyl or cyclic N) is 1. The number of benzene rings is 1. The van der Waals surface area contributed by atoms with E-state index >= 15 is 0 Å². The highest BCUT2D eigenvalue weighted by Gasteiger charge is 2.26. The highest BCUT2D eigenvalue weighted by Crippen LogP contribution is 2.22. The van der Waals surface area contributed by atoms with Crippen molar-refractivity contribution in [2.24, 2.45) is 0 Å². The molecule has 2 unspecified atom stereocenters. The maximum Gasteiger partial charge on any atom is 0.251 e. The summed E-state index contributed by atoms with van der Waals surface area (Å²) in [6.45, 7) is 1.09. The fraction of sp³-hybridized carbons (Fsp3) is 0.294. The van der Waals surface area contributed by atoms with Gasteiger partial charge in [0.25, 0.3) is 5.91 Å². The van der Waals surface area contributed by atoms with Crippen molar-refractivity contribution in [3.8, 4) is 16.9 Å². The summed E-state index contributed by atoms with van der Waals surface area (Å²) in [7, 11) is 1.60. The first-order chi connectivity index (χ1) is 11.2. The molecule has 3 N–H and O–H groups in total. The predicted molar refractivity (Wildman–Crippen MR) is 86.4 cm³/mol. The Morgan fingerprint density at radius 1 is 1.26 bits per heavy atom. The Morgan fingerprint density at radius 3 is 2.70 bits per heavy atom. The zero-order chi connectivity index (χ0) is 16.2. The van der Waals surface area contributed by atoms with Crippen LogP contribution in [-0.2, 0) is 0 Å². The molecule has 3 rings (SSSR count). The maximum atomic E-state index is 12.2. The molecule has 1 fully saturated rings. The molecule has 1 aromatic carbocycles. The van der Waals surface area contributed by atoms with Crippen LogP contribution in [0.25, 0.3) is 11.1 Å². The molecule has 2 aromatic rings. The number of nitrogens with zero attached hydrogens (tertiary/aromatic N) is 1. The van der Waals surface area contributed by atoms with Gasteiger partial charge in [0.05, 0.1) is 25.5 Å². The van der Waals surface area contributed by atoms with E-state index in [2.05, 4.69) is 15.6 Å². The third-order valence-electron chi connectivity index (χ3n) is 3.93. The topological polar surface area (TPSA) is 83.5 Å². The van der Waals surface area contributed by atoms with Gasteiger partial charge in [0.1, 0.15) is 5.75 Å². The van der Waals surface area contributed by atoms with Crippen molar-refractivity contribution in [1.82, 2.24) is 15.6 Å². The van der Waals surface area contributed by atoms with Gasteiger partial charge < -0.3 is 20.5 Å². The standard InChI is InChI=1S/C17H19N3O3/c1-23-14-6-13(7-18-8-14)11-2-4-12(5-3-11)17(22)20-15-9-19-10-16(15)21/h2-8,15-16,19,21H,9-10H2,1H3,(H,20,22). The number of aromatic nitrogens is 1. The van der Waals surface area contributed by atoms with Crippen LogP contribution < -0.4 is 15.4 Å². The Labute approximate surface area is 134 Å². The number of hydrogen-bond donors (Lipinski definition) is 3. The van der Waals surface area contributed by atoms with Gasteiger partial charge in [0, 0.05) is 30.4 Å². The van der Waals surface area contributed by atoms with Gasteiger partial charge in [0.2, 0.25) is 0 Å². The number of nitrogens with one attached hydrogen (secondary N) is 2. The molecule has 6 heteroatoms. The van der Waals surface area contributed by atoms with Gasteiger partial charge >= 0.3 is 0 Å². The summed E-state index contributed by atoms with van der Waals surface area (Å²) in [5.41, 5.74) is 2.44. The highest BCUT2D eigenvalue weighted by atomic mass is 16.5. The average Bonchev–Trinajstić information content (AvgIpc) is 3.00. The molecule has 0 radical (unpaired) electrons. The van der Waals surface area contributed by atoms with Crippen LogP contribution in [0.4, 0.5) is 0 Å². The number of amides is 1. The zero-order valence-electron chi connectivity index (χ0n) is 12.8. The normalized spacial score (nSPS) is 20.3. The van der Waals surface area contributed by atoms with E-state index in [9.17, 15) is 9.90 Å². The Morgan fingerprint density at radius 2 is 2.04 bits per heavy atom. The lowest BCUT2D eigenvalue weighted by molar-refractivity contribution is 0.0888. The van der Waals surface area contributed by atoms with Gasteiger partial charge in [-0.1, -0.05) is 12.1 Å². The van der Waals surface area contributed by atoms with E-state index in [0.717, 1.165) is 11.1 Å². The van der Waals surface area contributed by atoms with E-state index in [1.165, 1.54) is 0 Å². The molecular weight excluding hydrogens is 294 g/mol. The van der Waals surface area contributed by atoms with Crippen molar-refractivity contribution in [3.05, 3.63) is 48.3 Å². The Balaban J connectivity index is 1.72. The van der Waals surface area contributed by atoms with Crippen molar-refractivity contribution < 1.29 is 14.6 Å². The van der Waals surface area contributed by atoms with E-state index in [-0.39, 0.29) is 11.9 Å². The highest BCUT2D eigenvalue weighted by molar-refractivity contribution is 5.95. The largest absolute Gasteiger partial charge is 0.495 e. The van der Waals surface area contributed by atoms with Crippen LogP contribution in [-0.4, -0.2) is 48.3 Å². The van der Waals surface area contributed by atoms with Crippen LogP contribution in [0.1, 0.15) is 10.4 Å². The number of aliphatic hydroxyl groups is 1. The molecule has 0 saturated carbocycles. The Kier molecular flexibility index (Phi) is 4.55. The second-order valence-electron chi connectivity index (χ2n) is 5.50. The van der Waals surface area contributed by atoms with E-state index in [1.807, 2.05) is 18.2 Å². The molecule has 1 amide bonds. The van der Waals surface area contributed by atoms with E-state index in [1.54, 1.807) is 31.6 Å². The van der Waals surface area contributed by atoms with E-state index in [0.29, 0.717) is 24.4 Å². The fourth-order valence-electron chi connectivity index (χ4n) is 2.57. The van der Waals surface area contributed by atoms with Gasteiger partial charge in [-0.05, 0) is 23.8 Å². The zero-order valence-corrected chi connectivity index (χ0v) is 12.8. The third kappa shape index (κ3) is 3.49. The van der Waals surface area contributed by atoms with Gasteiger partial charge in [-0.3, -0.25) is 9.78 Å². The van der Waals surface area contributed by atoms with Gasteiger partial charge in [-0.25, -0.2) is 0 Å². The number of carbonyl (C=O) groups excluding carboxylic acids is 1. The van der Waals surface area contributed by atoms with Crippen LogP contribution >= 0.6 is 0 Å². The van der Waals surface area contributed by atoms with Gasteiger partial charge in [0.15, 0.2) is 0 Å². The summed E-state index contributed by atoms with van der Waals surface area (Å²) < 4.78 is 5.17. The first-order valence-electron chi connectivity index (χ1n) is 7.46. The molecule has 1 aliphatic rings. The van der Waals surface area contributed by atoms with Gasteiger partial charge in [-0.15, -0.1) is 0 Å². The number of ether oxygens (including phenoxy) is 1. The van der Waals surface area contributed by atoms with E-state index in [4.69, 9.17) is 4.74 Å². The molecular formula is C17H19N3O3. The van der Waals surface area contributed by atoms with Crippen molar-refractivity contribution in [2.45, 2.75) is 12.1 Å². The number of methoxy groups -OCH3 is 1. The number of carbonyl (C=O) groups is 1. The van der Waals surface area contributed by atoms with Crippen LogP contribution in [0.15, 0.2) is 42.7 Å². The monoisotopic (exact) mass is 313 g/mol. The minimum absolute atomic E-state index is 0.187. The lowest BCUT2D eigenvalue weighted by Crippen LogP contribution is -2.42. The Bertz CT molecular complexity index is 688. The minimum Gasteiger partial charge on any atom is -0.495 e. The summed E-state index contributed by atoms with van der Waals surface area (Å²) in [6, 6.07) is 8.91. The summed E-state index contributed by atoms with van der Waals surface area (Å²) in [5, 5.41) is 15.6. The van der Waals surface area contributed by atoms with Crippen molar-refractivity contribution in [1.29, 1.82) is 0 Å². The third-order valence-corrected chi connectivity index (χ3v) is 3.93. The minimum atomic E-state index is -0.541. The van der Waals surface area contributed by atoms with Crippen LogP contribution in [0.5, 0.6) is 5.75 Å². The summed E-state index contributed by atoms with van der Waals surface area (Å²) >= 11 is 0. The fourth-order valence-corrected chi connectivity index (χ4v) is 2.57. The molecule has 0 aliphatic carbocycles. The molecule has 0 spiro atoms. The van der Waals surface area contributed by atoms with Crippen molar-refractivity contribution in [2.75, 3.05) is 20.2 Å². The first kappa shape index (κ1) is 15.5. The summed E-state index contributed by atoms with van der Waals surface area (Å²) in [6.07, 6.45) is 2.85. The quantitative estimate of drug-likeness (QED) is 0.778.